The predicted octanol–water partition coefficient (Wildman–Crippen LogP) is 8.39. The maximum atomic E-state index is 12.5. The number of thioether (sulfide) groups is 1. The molecule has 1 aromatic heterocycles. The lowest BCUT2D eigenvalue weighted by Crippen LogP contribution is -2.20. The first-order valence-corrected chi connectivity index (χ1v) is 16.1. The second-order valence-electron chi connectivity index (χ2n) is 10.5. The number of ether oxygens (including phenoxy) is 2. The van der Waals surface area contributed by atoms with Gasteiger partial charge in [0.2, 0.25) is 0 Å². The van der Waals surface area contributed by atoms with Gasteiger partial charge in [0.15, 0.2) is 0 Å². The van der Waals surface area contributed by atoms with Crippen molar-refractivity contribution >= 4 is 40.2 Å². The Labute approximate surface area is 258 Å². The highest BCUT2D eigenvalue weighted by atomic mass is 35.5. The molecule has 222 valence electrons. The molecular weight excluding hydrogens is 566 g/mol. The van der Waals surface area contributed by atoms with Gasteiger partial charge in [0.05, 0.1) is 29.8 Å². The van der Waals surface area contributed by atoms with E-state index in [1.54, 1.807) is 11.8 Å². The second-order valence-corrected chi connectivity index (χ2v) is 12.2. The Bertz CT molecular complexity index is 1460. The van der Waals surface area contributed by atoms with E-state index in [1.165, 1.54) is 11.1 Å². The zero-order valence-electron chi connectivity index (χ0n) is 24.6. The van der Waals surface area contributed by atoms with Gasteiger partial charge < -0.3 is 14.6 Å². The summed E-state index contributed by atoms with van der Waals surface area (Å²) in [6.45, 7) is 6.44. The number of nitrogens with zero attached hydrogens (tertiary/aromatic N) is 1. The highest BCUT2D eigenvalue weighted by Crippen LogP contribution is 2.37. The number of aliphatic hydroxyl groups excluding tert-OH is 1. The first-order valence-electron chi connectivity index (χ1n) is 14.7. The van der Waals surface area contributed by atoms with E-state index in [9.17, 15) is 9.90 Å². The summed E-state index contributed by atoms with van der Waals surface area (Å²) in [7, 11) is 0. The quantitative estimate of drug-likeness (QED) is 0.137. The minimum atomic E-state index is -0.394. The zero-order chi connectivity index (χ0) is 29.9. The van der Waals surface area contributed by atoms with E-state index in [0.29, 0.717) is 30.4 Å². The number of aromatic nitrogens is 1. The number of fused-ring (bicyclic) bond motifs is 1. The molecule has 42 heavy (non-hydrogen) atoms. The van der Waals surface area contributed by atoms with Crippen LogP contribution in [0.5, 0.6) is 5.75 Å². The fourth-order valence-corrected chi connectivity index (χ4v) is 6.60. The molecule has 0 radical (unpaired) electrons. The number of hydrogen-bond donors (Lipinski definition) is 1. The molecule has 0 aliphatic heterocycles. The topological polar surface area (TPSA) is 68.7 Å². The molecular formula is C35H40ClNO4S. The molecule has 0 fully saturated rings. The maximum Gasteiger partial charge on any atom is 0.309 e. The van der Waals surface area contributed by atoms with Gasteiger partial charge in [-0.25, -0.2) is 4.98 Å². The van der Waals surface area contributed by atoms with Crippen LogP contribution in [0.2, 0.25) is 5.02 Å². The average molecular weight is 606 g/mol. The van der Waals surface area contributed by atoms with Gasteiger partial charge in [-0.3, -0.25) is 4.79 Å². The molecule has 4 rings (SSSR count). The Hall–Kier alpha value is -3.06. The number of halogens is 1. The van der Waals surface area contributed by atoms with Crippen molar-refractivity contribution in [2.24, 2.45) is 5.92 Å². The summed E-state index contributed by atoms with van der Waals surface area (Å²) in [5, 5.41) is 11.9. The third kappa shape index (κ3) is 9.22. The zero-order valence-corrected chi connectivity index (χ0v) is 26.2. The van der Waals surface area contributed by atoms with Crippen molar-refractivity contribution in [1.82, 2.24) is 4.98 Å². The number of hydrogen-bond acceptors (Lipinski definition) is 6. The Morgan fingerprint density at radius 3 is 2.55 bits per heavy atom. The standard InChI is InChI=1S/C35H40ClNO4S/c1-4-25(35(39)40-5-2)23-42-34(18-15-26-9-6-7-10-28(26)19-24(3)38)29-11-8-12-32(20-29)41-22-31-17-14-27-13-16-30(36)21-33(27)37-31/h6-14,16-17,20-21,24-25,34,38H,4-5,15,18-19,22-23H2,1-3H3. The molecule has 3 unspecified atom stereocenters. The Balaban J connectivity index is 1.51. The number of carbonyl (C=O) groups is 1. The minimum Gasteiger partial charge on any atom is -0.487 e. The molecule has 3 aromatic carbocycles. The highest BCUT2D eigenvalue weighted by molar-refractivity contribution is 7.99. The van der Waals surface area contributed by atoms with E-state index < -0.39 is 6.10 Å². The van der Waals surface area contributed by atoms with E-state index >= 15 is 0 Å². The average Bonchev–Trinajstić information content (AvgIpc) is 2.98. The summed E-state index contributed by atoms with van der Waals surface area (Å²) in [5.41, 5.74) is 5.25. The van der Waals surface area contributed by atoms with E-state index in [1.807, 2.05) is 69.3 Å². The van der Waals surface area contributed by atoms with E-state index in [4.69, 9.17) is 26.1 Å². The van der Waals surface area contributed by atoms with Crippen molar-refractivity contribution in [3.8, 4) is 5.75 Å². The summed E-state index contributed by atoms with van der Waals surface area (Å²) in [6, 6.07) is 26.2. The van der Waals surface area contributed by atoms with Crippen LogP contribution in [0.4, 0.5) is 0 Å². The number of aliphatic hydroxyl groups is 1. The Morgan fingerprint density at radius 1 is 1.00 bits per heavy atom. The first-order chi connectivity index (χ1) is 20.4. The lowest BCUT2D eigenvalue weighted by molar-refractivity contribution is -0.147. The number of esters is 1. The third-order valence-corrected chi connectivity index (χ3v) is 8.99. The summed E-state index contributed by atoms with van der Waals surface area (Å²) in [5.74, 6) is 1.18. The van der Waals surface area contributed by atoms with Crippen LogP contribution in [0.3, 0.4) is 0 Å². The number of rotatable bonds is 15. The maximum absolute atomic E-state index is 12.5. The SMILES string of the molecule is CCOC(=O)C(CC)CSC(CCc1ccccc1CC(C)O)c1cccc(OCc2ccc3ccc(Cl)cc3n2)c1. The monoisotopic (exact) mass is 605 g/mol. The summed E-state index contributed by atoms with van der Waals surface area (Å²) < 4.78 is 11.5. The van der Waals surface area contributed by atoms with Crippen LogP contribution in [0.1, 0.15) is 61.2 Å². The molecule has 7 heteroatoms. The Kier molecular flexibility index (Phi) is 12.1. The van der Waals surface area contributed by atoms with Gasteiger partial charge in [-0.15, -0.1) is 0 Å². The lowest BCUT2D eigenvalue weighted by Gasteiger charge is -2.22. The molecule has 0 saturated carbocycles. The van der Waals surface area contributed by atoms with Gasteiger partial charge in [-0.05, 0) is 86.6 Å². The number of aryl methyl sites for hydroxylation is 1. The van der Waals surface area contributed by atoms with Gasteiger partial charge >= 0.3 is 5.97 Å². The summed E-state index contributed by atoms with van der Waals surface area (Å²) in [4.78, 5) is 17.2. The number of benzene rings is 3. The third-order valence-electron chi connectivity index (χ3n) is 7.25. The molecule has 5 nitrogen and oxygen atoms in total. The molecule has 0 saturated heterocycles. The van der Waals surface area contributed by atoms with Gasteiger partial charge in [-0.1, -0.05) is 67.1 Å². The van der Waals surface area contributed by atoms with Crippen molar-refractivity contribution in [1.29, 1.82) is 0 Å². The van der Waals surface area contributed by atoms with E-state index in [-0.39, 0.29) is 17.1 Å². The molecule has 0 amide bonds. The largest absolute Gasteiger partial charge is 0.487 e. The first kappa shape index (κ1) is 31.9. The summed E-state index contributed by atoms with van der Waals surface area (Å²) >= 11 is 7.96. The molecule has 1 heterocycles. The molecule has 3 atom stereocenters. The Morgan fingerprint density at radius 2 is 1.79 bits per heavy atom. The van der Waals surface area contributed by atoms with Crippen molar-refractivity contribution in [3.05, 3.63) is 106 Å². The number of carbonyl (C=O) groups excluding carboxylic acids is 1. The van der Waals surface area contributed by atoms with Crippen LogP contribution in [0.25, 0.3) is 10.9 Å². The van der Waals surface area contributed by atoms with Gasteiger partial charge in [-0.2, -0.15) is 11.8 Å². The van der Waals surface area contributed by atoms with Gasteiger partial charge in [0.1, 0.15) is 12.4 Å². The minimum absolute atomic E-state index is 0.130. The fourth-order valence-electron chi connectivity index (χ4n) is 4.97. The molecule has 0 aliphatic rings. The van der Waals surface area contributed by atoms with E-state index in [0.717, 1.165) is 47.2 Å². The van der Waals surface area contributed by atoms with Crippen LogP contribution in [0.15, 0.2) is 78.9 Å². The molecule has 0 aliphatic carbocycles. The van der Waals surface area contributed by atoms with Crippen LogP contribution in [0, 0.1) is 5.92 Å². The second kappa shape index (κ2) is 16.0. The van der Waals surface area contributed by atoms with Crippen LogP contribution < -0.4 is 4.74 Å². The van der Waals surface area contributed by atoms with Crippen molar-refractivity contribution in [3.63, 3.8) is 0 Å². The number of pyridine rings is 1. The molecule has 4 aromatic rings. The van der Waals surface area contributed by atoms with Crippen molar-refractivity contribution in [2.75, 3.05) is 12.4 Å². The smallest absolute Gasteiger partial charge is 0.309 e. The van der Waals surface area contributed by atoms with Crippen LogP contribution in [-0.4, -0.2) is 34.5 Å². The molecule has 0 spiro atoms. The summed E-state index contributed by atoms with van der Waals surface area (Å²) in [6.07, 6.45) is 2.73. The normalized spacial score (nSPS) is 13.5. The van der Waals surface area contributed by atoms with Crippen LogP contribution in [-0.2, 0) is 29.0 Å². The highest BCUT2D eigenvalue weighted by Gasteiger charge is 2.22. The van der Waals surface area contributed by atoms with Gasteiger partial charge in [0.25, 0.3) is 0 Å². The van der Waals surface area contributed by atoms with E-state index in [2.05, 4.69) is 30.3 Å². The fraction of sp³-hybridized carbons (Fsp3) is 0.371. The van der Waals surface area contributed by atoms with Gasteiger partial charge in [0, 0.05) is 21.4 Å². The predicted molar refractivity (Wildman–Crippen MR) is 173 cm³/mol. The van der Waals surface area contributed by atoms with Crippen LogP contribution >= 0.6 is 23.4 Å². The van der Waals surface area contributed by atoms with Crippen molar-refractivity contribution < 1.29 is 19.4 Å². The lowest BCUT2D eigenvalue weighted by atomic mass is 9.96. The molecule has 1 N–H and O–H groups in total. The molecule has 0 bridgehead atoms. The van der Waals surface area contributed by atoms with Crippen molar-refractivity contribution in [2.45, 2.75) is 64.4 Å².